The summed E-state index contributed by atoms with van der Waals surface area (Å²) in [7, 11) is -3.42. The van der Waals surface area contributed by atoms with Gasteiger partial charge in [0.15, 0.2) is 0 Å². The van der Waals surface area contributed by atoms with E-state index in [1.165, 1.54) is 0 Å². The third-order valence-electron chi connectivity index (χ3n) is 1.67. The maximum Gasteiger partial charge on any atom is 0.276 e. The van der Waals surface area contributed by atoms with Crippen molar-refractivity contribution in [3.8, 4) is 0 Å². The molecule has 1 unspecified atom stereocenters. The van der Waals surface area contributed by atoms with Crippen LogP contribution < -0.4 is 9.44 Å². The highest BCUT2D eigenvalue weighted by atomic mass is 32.2. The fourth-order valence-electron chi connectivity index (χ4n) is 0.929. The molecule has 0 aliphatic heterocycles. The number of nitrogens with one attached hydrogen (secondary N) is 2. The minimum absolute atomic E-state index is 0.0763. The third-order valence-corrected chi connectivity index (χ3v) is 2.80. The van der Waals surface area contributed by atoms with Gasteiger partial charge in [-0.15, -0.1) is 0 Å². The number of hydrogen-bond donors (Lipinski definition) is 3. The summed E-state index contributed by atoms with van der Waals surface area (Å²) in [6, 6.07) is 0. The van der Waals surface area contributed by atoms with Gasteiger partial charge in [-0.25, -0.2) is 4.72 Å². The summed E-state index contributed by atoms with van der Waals surface area (Å²) in [5, 5.41) is 9.28. The van der Waals surface area contributed by atoms with Gasteiger partial charge in [-0.2, -0.15) is 13.1 Å². The Kier molecular flexibility index (Phi) is 7.08. The van der Waals surface area contributed by atoms with Gasteiger partial charge in [0.05, 0.1) is 6.10 Å². The van der Waals surface area contributed by atoms with Crippen molar-refractivity contribution in [3.05, 3.63) is 0 Å². The van der Waals surface area contributed by atoms with Gasteiger partial charge in [0, 0.05) is 13.1 Å². The number of hydrogen-bond acceptors (Lipinski definition) is 3. The molecule has 0 fully saturated rings. The van der Waals surface area contributed by atoms with E-state index in [9.17, 15) is 13.5 Å². The standard InChI is InChI=1S/C8H20N2O3S/c1-3-5-8(11)7-10-14(12,13)9-6-4-2/h8-11H,3-7H2,1-2H3. The molecule has 0 heterocycles. The van der Waals surface area contributed by atoms with E-state index in [0.717, 1.165) is 12.8 Å². The first-order valence-corrected chi connectivity index (χ1v) is 6.42. The molecule has 0 aromatic carbocycles. The van der Waals surface area contributed by atoms with Crippen LogP contribution in [0.2, 0.25) is 0 Å². The average molecular weight is 224 g/mol. The summed E-state index contributed by atoms with van der Waals surface area (Å²) >= 11 is 0. The van der Waals surface area contributed by atoms with Gasteiger partial charge in [-0.3, -0.25) is 0 Å². The first-order valence-electron chi connectivity index (χ1n) is 4.94. The lowest BCUT2D eigenvalue weighted by Gasteiger charge is -2.11. The Morgan fingerprint density at radius 2 is 1.86 bits per heavy atom. The Hall–Kier alpha value is -0.170. The van der Waals surface area contributed by atoms with Crippen LogP contribution in [-0.4, -0.2) is 32.7 Å². The van der Waals surface area contributed by atoms with Gasteiger partial charge >= 0.3 is 0 Å². The second-order valence-corrected chi connectivity index (χ2v) is 4.77. The Labute approximate surface area is 86.1 Å². The van der Waals surface area contributed by atoms with Gasteiger partial charge < -0.3 is 5.11 Å². The van der Waals surface area contributed by atoms with E-state index in [4.69, 9.17) is 0 Å². The molecule has 0 saturated heterocycles. The molecular formula is C8H20N2O3S. The lowest BCUT2D eigenvalue weighted by atomic mass is 10.2. The Balaban J connectivity index is 3.75. The zero-order chi connectivity index (χ0) is 11.0. The Morgan fingerprint density at radius 3 is 2.36 bits per heavy atom. The molecule has 0 bridgehead atoms. The van der Waals surface area contributed by atoms with Crippen molar-refractivity contribution in [1.82, 2.24) is 9.44 Å². The fourth-order valence-corrected chi connectivity index (χ4v) is 1.92. The predicted octanol–water partition coefficient (Wildman–Crippen LogP) is -0.0186. The van der Waals surface area contributed by atoms with Crippen LogP contribution in [0.1, 0.15) is 33.1 Å². The molecule has 5 nitrogen and oxygen atoms in total. The molecule has 0 amide bonds. The molecule has 3 N–H and O–H groups in total. The lowest BCUT2D eigenvalue weighted by molar-refractivity contribution is 0.167. The molecule has 0 spiro atoms. The summed E-state index contributed by atoms with van der Waals surface area (Å²) in [5.41, 5.74) is 0. The van der Waals surface area contributed by atoms with Crippen molar-refractivity contribution in [1.29, 1.82) is 0 Å². The summed E-state index contributed by atoms with van der Waals surface area (Å²) in [4.78, 5) is 0. The van der Waals surface area contributed by atoms with Crippen molar-refractivity contribution >= 4 is 10.2 Å². The molecule has 86 valence electrons. The first-order chi connectivity index (χ1) is 6.52. The van der Waals surface area contributed by atoms with E-state index in [1.54, 1.807) is 0 Å². The molecule has 0 aliphatic carbocycles. The van der Waals surface area contributed by atoms with Crippen LogP contribution in [-0.2, 0) is 10.2 Å². The zero-order valence-electron chi connectivity index (χ0n) is 8.78. The minimum atomic E-state index is -3.42. The van der Waals surface area contributed by atoms with E-state index in [0.29, 0.717) is 13.0 Å². The molecule has 0 aliphatic rings. The molecule has 0 aromatic heterocycles. The van der Waals surface area contributed by atoms with Gasteiger partial charge in [0.1, 0.15) is 0 Å². The maximum absolute atomic E-state index is 11.2. The van der Waals surface area contributed by atoms with Crippen molar-refractivity contribution in [2.24, 2.45) is 0 Å². The van der Waals surface area contributed by atoms with E-state index >= 15 is 0 Å². The summed E-state index contributed by atoms with van der Waals surface area (Å²) < 4.78 is 27.0. The normalized spacial score (nSPS) is 14.2. The number of aliphatic hydroxyl groups excluding tert-OH is 1. The largest absolute Gasteiger partial charge is 0.392 e. The highest BCUT2D eigenvalue weighted by Gasteiger charge is 2.10. The van der Waals surface area contributed by atoms with Crippen LogP contribution in [0, 0.1) is 0 Å². The van der Waals surface area contributed by atoms with Crippen molar-refractivity contribution in [2.45, 2.75) is 39.2 Å². The highest BCUT2D eigenvalue weighted by molar-refractivity contribution is 7.87. The Bertz CT molecular complexity index is 229. The molecule has 0 aromatic rings. The highest BCUT2D eigenvalue weighted by Crippen LogP contribution is 1.94. The van der Waals surface area contributed by atoms with E-state index in [-0.39, 0.29) is 6.54 Å². The van der Waals surface area contributed by atoms with Crippen molar-refractivity contribution < 1.29 is 13.5 Å². The van der Waals surface area contributed by atoms with Crippen molar-refractivity contribution in [3.63, 3.8) is 0 Å². The second kappa shape index (κ2) is 7.17. The number of aliphatic hydroxyl groups is 1. The lowest BCUT2D eigenvalue weighted by Crippen LogP contribution is -2.40. The fraction of sp³-hybridized carbons (Fsp3) is 1.00. The van der Waals surface area contributed by atoms with Crippen LogP contribution in [0.4, 0.5) is 0 Å². The predicted molar refractivity (Wildman–Crippen MR) is 56.1 cm³/mol. The minimum Gasteiger partial charge on any atom is -0.392 e. The molecule has 1 atom stereocenters. The summed E-state index contributed by atoms with van der Waals surface area (Å²) in [6.45, 7) is 4.31. The first kappa shape index (κ1) is 13.8. The third kappa shape index (κ3) is 7.25. The van der Waals surface area contributed by atoms with E-state index in [1.807, 2.05) is 13.8 Å². The molecule has 14 heavy (non-hydrogen) atoms. The molecule has 0 rings (SSSR count). The summed E-state index contributed by atoms with van der Waals surface area (Å²) in [6.07, 6.45) is 1.60. The number of rotatable bonds is 8. The topological polar surface area (TPSA) is 78.4 Å². The van der Waals surface area contributed by atoms with Crippen molar-refractivity contribution in [2.75, 3.05) is 13.1 Å². The smallest absolute Gasteiger partial charge is 0.276 e. The van der Waals surface area contributed by atoms with Crippen LogP contribution in [0.5, 0.6) is 0 Å². The summed E-state index contributed by atoms with van der Waals surface area (Å²) in [5.74, 6) is 0. The quantitative estimate of drug-likeness (QED) is 0.542. The van der Waals surface area contributed by atoms with E-state index in [2.05, 4.69) is 9.44 Å². The average Bonchev–Trinajstić information content (AvgIpc) is 2.13. The van der Waals surface area contributed by atoms with Gasteiger partial charge in [-0.1, -0.05) is 20.3 Å². The molecule has 0 radical (unpaired) electrons. The van der Waals surface area contributed by atoms with Gasteiger partial charge in [-0.05, 0) is 12.8 Å². The second-order valence-electron chi connectivity index (χ2n) is 3.19. The van der Waals surface area contributed by atoms with Crippen LogP contribution in [0.25, 0.3) is 0 Å². The molecular weight excluding hydrogens is 204 g/mol. The van der Waals surface area contributed by atoms with Crippen LogP contribution in [0.15, 0.2) is 0 Å². The molecule has 0 saturated carbocycles. The Morgan fingerprint density at radius 1 is 1.21 bits per heavy atom. The molecule has 6 heteroatoms. The van der Waals surface area contributed by atoms with Crippen LogP contribution in [0.3, 0.4) is 0 Å². The SMILES string of the molecule is CCCNS(=O)(=O)NCC(O)CCC. The zero-order valence-corrected chi connectivity index (χ0v) is 9.60. The van der Waals surface area contributed by atoms with Crippen LogP contribution >= 0.6 is 0 Å². The van der Waals surface area contributed by atoms with E-state index < -0.39 is 16.3 Å². The monoisotopic (exact) mass is 224 g/mol. The van der Waals surface area contributed by atoms with Gasteiger partial charge in [0.2, 0.25) is 0 Å². The maximum atomic E-state index is 11.2. The van der Waals surface area contributed by atoms with Gasteiger partial charge in [0.25, 0.3) is 10.2 Å².